The van der Waals surface area contributed by atoms with Crippen molar-refractivity contribution in [2.24, 2.45) is 0 Å². The summed E-state index contributed by atoms with van der Waals surface area (Å²) in [5.41, 5.74) is 2.86. The van der Waals surface area contributed by atoms with Gasteiger partial charge in [0.15, 0.2) is 17.3 Å². The number of dihydropyridines is 1. The summed E-state index contributed by atoms with van der Waals surface area (Å²) in [6.07, 6.45) is 4.12. The highest BCUT2D eigenvalue weighted by Crippen LogP contribution is 2.50. The Bertz CT molecular complexity index is 1390. The molecule has 2 atom stereocenters. The van der Waals surface area contributed by atoms with Gasteiger partial charge in [-0.05, 0) is 56.6 Å². The molecule has 9 heteroatoms. The minimum atomic E-state index is -0.959. The van der Waals surface area contributed by atoms with Crippen molar-refractivity contribution in [2.45, 2.75) is 63.4 Å². The van der Waals surface area contributed by atoms with Gasteiger partial charge in [-0.15, -0.1) is 0 Å². The average Bonchev–Trinajstić information content (AvgIpc) is 3.59. The molecule has 2 heterocycles. The Morgan fingerprint density at radius 1 is 1.08 bits per heavy atom. The highest BCUT2D eigenvalue weighted by atomic mass is 16.7. The lowest BCUT2D eigenvalue weighted by Crippen LogP contribution is -2.36. The third-order valence-corrected chi connectivity index (χ3v) is 7.92. The molecule has 0 spiro atoms. The molecule has 2 aliphatic heterocycles. The van der Waals surface area contributed by atoms with Crippen molar-refractivity contribution in [3.63, 3.8) is 0 Å². The van der Waals surface area contributed by atoms with Crippen molar-refractivity contribution < 1.29 is 28.7 Å². The van der Waals surface area contributed by atoms with Crippen LogP contribution in [0.15, 0.2) is 65.0 Å². The largest absolute Gasteiger partial charge is 0.459 e. The molecule has 1 saturated carbocycles. The van der Waals surface area contributed by atoms with Crippen LogP contribution in [0.1, 0.15) is 68.4 Å². The van der Waals surface area contributed by atoms with Crippen LogP contribution in [-0.4, -0.2) is 29.6 Å². The monoisotopic (exact) mass is 516 g/mol. The van der Waals surface area contributed by atoms with Gasteiger partial charge in [-0.1, -0.05) is 30.3 Å². The second-order valence-corrected chi connectivity index (χ2v) is 10.3. The summed E-state index contributed by atoms with van der Waals surface area (Å²) in [5.74, 6) is -1.09. The molecule has 0 radical (unpaired) electrons. The maximum atomic E-state index is 13.8. The molecule has 2 aromatic carbocycles. The normalized spacial score (nSPS) is 22.8. The molecule has 9 nitrogen and oxygen atoms in total. The van der Waals surface area contributed by atoms with E-state index in [1.54, 1.807) is 6.92 Å². The van der Waals surface area contributed by atoms with E-state index in [1.165, 1.54) is 12.1 Å². The number of nitrogens with one attached hydrogen (secondary N) is 1. The highest BCUT2D eigenvalue weighted by molar-refractivity contribution is 6.04. The Balaban J connectivity index is 1.48. The molecule has 196 valence electrons. The van der Waals surface area contributed by atoms with Gasteiger partial charge in [-0.2, -0.15) is 0 Å². The van der Waals surface area contributed by atoms with Gasteiger partial charge in [0.25, 0.3) is 5.69 Å². The molecule has 1 N–H and O–H groups in total. The average molecular weight is 517 g/mol. The number of carbonyl (C=O) groups is 2. The topological polar surface area (TPSA) is 117 Å². The number of rotatable bonds is 5. The zero-order valence-electron chi connectivity index (χ0n) is 21.0. The van der Waals surface area contributed by atoms with Gasteiger partial charge in [-0.3, -0.25) is 14.9 Å². The number of nitro groups is 1. The number of carbonyl (C=O) groups excluding carboxylic acids is 2. The number of nitro benzene ring substituents is 1. The van der Waals surface area contributed by atoms with E-state index in [4.69, 9.17) is 14.2 Å². The van der Waals surface area contributed by atoms with Crippen LogP contribution >= 0.6 is 0 Å². The first-order chi connectivity index (χ1) is 18.4. The maximum Gasteiger partial charge on any atom is 0.337 e. The summed E-state index contributed by atoms with van der Waals surface area (Å²) >= 11 is 0. The smallest absolute Gasteiger partial charge is 0.337 e. The van der Waals surface area contributed by atoms with Gasteiger partial charge in [0.1, 0.15) is 6.10 Å². The first kappa shape index (κ1) is 24.2. The number of hydrogen-bond acceptors (Lipinski definition) is 8. The molecule has 0 saturated heterocycles. The van der Waals surface area contributed by atoms with Crippen LogP contribution in [0.4, 0.5) is 5.69 Å². The van der Waals surface area contributed by atoms with E-state index in [0.29, 0.717) is 29.1 Å². The standard InChI is InChI=1S/C29H28N2O7/c1-16-26(29(33)38-19-9-5-6-10-19)27(20-13-24-25(37-15-36-24)14-22(20)31(34)35)28-21(30-16)11-18(12-23(28)32)17-7-3-2-4-8-17/h2-4,7-8,13-14,18-19,27,30H,5-6,9-12,15H2,1H3. The third-order valence-electron chi connectivity index (χ3n) is 7.92. The number of benzene rings is 2. The maximum absolute atomic E-state index is 13.8. The van der Waals surface area contributed by atoms with Crippen molar-refractivity contribution in [1.82, 2.24) is 5.32 Å². The molecule has 4 aliphatic rings. The van der Waals surface area contributed by atoms with E-state index in [9.17, 15) is 19.7 Å². The molecule has 0 bridgehead atoms. The van der Waals surface area contributed by atoms with Crippen LogP contribution in [0.5, 0.6) is 11.5 Å². The number of fused-ring (bicyclic) bond motifs is 1. The summed E-state index contributed by atoms with van der Waals surface area (Å²) in [6, 6.07) is 12.7. The zero-order valence-corrected chi connectivity index (χ0v) is 21.0. The van der Waals surface area contributed by atoms with E-state index in [2.05, 4.69) is 5.32 Å². The van der Waals surface area contributed by atoms with Crippen LogP contribution in [0.2, 0.25) is 0 Å². The summed E-state index contributed by atoms with van der Waals surface area (Å²) in [4.78, 5) is 39.2. The molecule has 0 aromatic heterocycles. The molecule has 6 rings (SSSR count). The summed E-state index contributed by atoms with van der Waals surface area (Å²) in [6.45, 7) is 1.71. The Hall–Kier alpha value is -4.14. The summed E-state index contributed by atoms with van der Waals surface area (Å²) in [7, 11) is 0. The Labute approximate surface area is 219 Å². The van der Waals surface area contributed by atoms with Crippen molar-refractivity contribution >= 4 is 17.4 Å². The van der Waals surface area contributed by atoms with Gasteiger partial charge in [0, 0.05) is 29.0 Å². The summed E-state index contributed by atoms with van der Waals surface area (Å²) < 4.78 is 16.8. The van der Waals surface area contributed by atoms with E-state index in [1.807, 2.05) is 30.3 Å². The first-order valence-electron chi connectivity index (χ1n) is 13.0. The van der Waals surface area contributed by atoms with Gasteiger partial charge in [0.05, 0.1) is 22.5 Å². The highest BCUT2D eigenvalue weighted by Gasteiger charge is 2.45. The van der Waals surface area contributed by atoms with Gasteiger partial charge in [0.2, 0.25) is 6.79 Å². The van der Waals surface area contributed by atoms with Crippen molar-refractivity contribution in [1.29, 1.82) is 0 Å². The van der Waals surface area contributed by atoms with Crippen LogP contribution in [0, 0.1) is 10.1 Å². The molecular weight excluding hydrogens is 488 g/mol. The zero-order chi connectivity index (χ0) is 26.4. The molecule has 38 heavy (non-hydrogen) atoms. The minimum Gasteiger partial charge on any atom is -0.459 e. The number of hydrogen-bond donors (Lipinski definition) is 1. The fraction of sp³-hybridized carbons (Fsp3) is 0.379. The van der Waals surface area contributed by atoms with Gasteiger partial charge in [-0.25, -0.2) is 4.79 Å². The molecule has 2 aromatic rings. The lowest BCUT2D eigenvalue weighted by Gasteiger charge is -2.36. The second kappa shape index (κ2) is 9.63. The quantitative estimate of drug-likeness (QED) is 0.329. The predicted octanol–water partition coefficient (Wildman–Crippen LogP) is 5.17. The third kappa shape index (κ3) is 4.21. The van der Waals surface area contributed by atoms with E-state index in [-0.39, 0.29) is 53.6 Å². The van der Waals surface area contributed by atoms with Crippen molar-refractivity contribution in [3.8, 4) is 11.5 Å². The molecule has 0 amide bonds. The Kier molecular flexibility index (Phi) is 6.13. The lowest BCUT2D eigenvalue weighted by molar-refractivity contribution is -0.385. The molecule has 2 aliphatic carbocycles. The van der Waals surface area contributed by atoms with Gasteiger partial charge < -0.3 is 19.5 Å². The number of esters is 1. The fourth-order valence-corrected chi connectivity index (χ4v) is 6.14. The van der Waals surface area contributed by atoms with Crippen LogP contribution in [0.3, 0.4) is 0 Å². The van der Waals surface area contributed by atoms with E-state index in [0.717, 1.165) is 31.2 Å². The van der Waals surface area contributed by atoms with Crippen LogP contribution in [0.25, 0.3) is 0 Å². The Morgan fingerprint density at radius 3 is 2.50 bits per heavy atom. The SMILES string of the molecule is CC1=C(C(=O)OC2CCCC2)C(c2cc3c(cc2[N+](=O)[O-])OCO3)C2=C(CC(c3ccccc3)CC2=O)N1. The Morgan fingerprint density at radius 2 is 1.79 bits per heavy atom. The predicted molar refractivity (Wildman–Crippen MR) is 137 cm³/mol. The number of ether oxygens (including phenoxy) is 3. The minimum absolute atomic E-state index is 0.0397. The summed E-state index contributed by atoms with van der Waals surface area (Å²) in [5, 5.41) is 15.6. The number of ketones is 1. The van der Waals surface area contributed by atoms with Crippen LogP contribution in [-0.2, 0) is 14.3 Å². The lowest BCUT2D eigenvalue weighted by atomic mass is 9.71. The number of allylic oxidation sites excluding steroid dienone is 3. The van der Waals surface area contributed by atoms with E-state index < -0.39 is 16.8 Å². The van der Waals surface area contributed by atoms with Crippen molar-refractivity contribution in [3.05, 3.63) is 86.2 Å². The van der Waals surface area contributed by atoms with E-state index >= 15 is 0 Å². The molecule has 1 fully saturated rings. The number of Topliss-reactive ketones (excluding diaryl/α,β-unsaturated/α-hetero) is 1. The second-order valence-electron chi connectivity index (χ2n) is 10.3. The molecular formula is C29H28N2O7. The van der Waals surface area contributed by atoms with Crippen LogP contribution < -0.4 is 14.8 Å². The molecule has 2 unspecified atom stereocenters. The first-order valence-corrected chi connectivity index (χ1v) is 13.0. The van der Waals surface area contributed by atoms with Crippen molar-refractivity contribution in [2.75, 3.05) is 6.79 Å². The fourth-order valence-electron chi connectivity index (χ4n) is 6.14. The van der Waals surface area contributed by atoms with Gasteiger partial charge >= 0.3 is 5.97 Å². The number of nitrogens with zero attached hydrogens (tertiary/aromatic N) is 1.